The first-order valence-corrected chi connectivity index (χ1v) is 23.0. The summed E-state index contributed by atoms with van der Waals surface area (Å²) in [6.07, 6.45) is 4.52. The first-order valence-electron chi connectivity index (χ1n) is 21.8. The highest BCUT2D eigenvalue weighted by molar-refractivity contribution is 6.35. The molecular weight excluding hydrogens is 857 g/mol. The summed E-state index contributed by atoms with van der Waals surface area (Å²) in [7, 11) is 0. The van der Waals surface area contributed by atoms with Crippen LogP contribution in [0.1, 0.15) is 78.4 Å². The molecule has 336 valence electrons. The van der Waals surface area contributed by atoms with E-state index in [-0.39, 0.29) is 27.7 Å². The number of rotatable bonds is 9. The number of halogens is 5. The Bertz CT molecular complexity index is 2390. The Morgan fingerprint density at radius 2 is 1.02 bits per heavy atom. The molecule has 0 spiro atoms. The van der Waals surface area contributed by atoms with Crippen molar-refractivity contribution in [3.05, 3.63) is 135 Å². The number of benzene rings is 4. The summed E-state index contributed by atoms with van der Waals surface area (Å²) in [5, 5.41) is 19.7. The normalized spacial score (nSPS) is 15.1. The number of nitrogens with zero attached hydrogens (tertiary/aromatic N) is 3. The minimum atomic E-state index is -0.538. The zero-order chi connectivity index (χ0) is 45.1. The fourth-order valence-electron chi connectivity index (χ4n) is 7.88. The summed E-state index contributed by atoms with van der Waals surface area (Å²) in [6.45, 7) is 18.2. The van der Waals surface area contributed by atoms with Gasteiger partial charge in [0, 0.05) is 70.2 Å². The zero-order valence-electron chi connectivity index (χ0n) is 37.2. The third kappa shape index (κ3) is 14.4. The maximum Gasteiger partial charge on any atom is 0.189 e. The predicted octanol–water partition coefficient (Wildman–Crippen LogP) is 12.4. The van der Waals surface area contributed by atoms with E-state index in [1.807, 2.05) is 66.7 Å². The van der Waals surface area contributed by atoms with E-state index in [4.69, 9.17) is 34.8 Å². The minimum absolute atomic E-state index is 0.0826. The van der Waals surface area contributed by atoms with E-state index in [1.165, 1.54) is 25.9 Å². The van der Waals surface area contributed by atoms with Gasteiger partial charge in [-0.15, -0.1) is 0 Å². The highest BCUT2D eigenvalue weighted by Gasteiger charge is 2.27. The van der Waals surface area contributed by atoms with Crippen molar-refractivity contribution in [1.82, 2.24) is 25.9 Å². The van der Waals surface area contributed by atoms with E-state index in [0.717, 1.165) is 54.0 Å². The molecule has 63 heavy (non-hydrogen) atoms. The highest BCUT2D eigenvalue weighted by atomic mass is 35.5. The molecule has 0 bridgehead atoms. The van der Waals surface area contributed by atoms with Gasteiger partial charge in [-0.25, -0.2) is 18.7 Å². The van der Waals surface area contributed by atoms with Crippen LogP contribution < -0.4 is 31.5 Å². The van der Waals surface area contributed by atoms with Crippen LogP contribution in [0.3, 0.4) is 0 Å². The maximum absolute atomic E-state index is 15.7. The molecule has 0 aliphatic carbocycles. The number of aromatic nitrogens is 2. The van der Waals surface area contributed by atoms with E-state index < -0.39 is 5.82 Å². The molecule has 2 saturated heterocycles. The fourth-order valence-corrected chi connectivity index (χ4v) is 8.38. The van der Waals surface area contributed by atoms with Crippen molar-refractivity contribution < 1.29 is 8.78 Å². The number of fused-ring (bicyclic) bond motifs is 2. The van der Waals surface area contributed by atoms with E-state index in [0.29, 0.717) is 51.6 Å². The Balaban J connectivity index is 0.000000177. The van der Waals surface area contributed by atoms with E-state index in [1.54, 1.807) is 30.3 Å². The Labute approximate surface area is 386 Å². The molecule has 0 radical (unpaired) electrons. The molecule has 0 unspecified atom stereocenters. The van der Waals surface area contributed by atoms with Crippen molar-refractivity contribution in [2.45, 2.75) is 103 Å². The molecule has 2 aromatic heterocycles. The quantitative estimate of drug-likeness (QED) is 0.0980. The van der Waals surface area contributed by atoms with Crippen LogP contribution in [0.15, 0.2) is 97.1 Å². The first kappa shape index (κ1) is 48.2. The Morgan fingerprint density at radius 1 is 0.587 bits per heavy atom. The van der Waals surface area contributed by atoms with Gasteiger partial charge in [0.25, 0.3) is 0 Å². The lowest BCUT2D eigenvalue weighted by Gasteiger charge is -2.38. The van der Waals surface area contributed by atoms with Crippen LogP contribution in [-0.2, 0) is 13.1 Å². The van der Waals surface area contributed by atoms with Crippen molar-refractivity contribution >= 4 is 73.9 Å². The summed E-state index contributed by atoms with van der Waals surface area (Å²) in [6, 6.07) is 31.0. The van der Waals surface area contributed by atoms with Gasteiger partial charge in [-0.1, -0.05) is 95.5 Å². The largest absolute Gasteiger partial charge is 0.368 e. The second kappa shape index (κ2) is 22.1. The third-order valence-electron chi connectivity index (χ3n) is 10.8. The van der Waals surface area contributed by atoms with Gasteiger partial charge in [0.1, 0.15) is 0 Å². The van der Waals surface area contributed by atoms with Gasteiger partial charge in [0.2, 0.25) is 0 Å². The Hall–Kier alpha value is -4.29. The standard InChI is InChI=1S/C25H30ClFN4.C16H11Cl2FN2.C9H20N2/c1-25(2,3)30-19-12-14-31(15-13-19)23-20-6-4-5-7-21(20)29-24(22(23)27)28-16-17-8-10-18(26)11-9-17;17-11-7-5-10(6-8-11)9-20-16-15(19)14(18)12-3-1-2-4-13(12)21-16;1-9(2,3)11-8-4-6-10-7-5-8/h4-11,19,30H,12-16H2,1-3H3,(H,28,29);1-8H,9H2,(H,20,21);8,10-11H,4-7H2,1-3H3. The van der Waals surface area contributed by atoms with Crippen LogP contribution in [0.4, 0.5) is 26.1 Å². The molecular formula is C50H61Cl3F2N8. The molecule has 4 aromatic carbocycles. The average molecular weight is 918 g/mol. The van der Waals surface area contributed by atoms with Gasteiger partial charge < -0.3 is 31.5 Å². The lowest BCUT2D eigenvalue weighted by Crippen LogP contribution is -2.49. The molecule has 8 nitrogen and oxygen atoms in total. The smallest absolute Gasteiger partial charge is 0.189 e. The molecule has 0 saturated carbocycles. The minimum Gasteiger partial charge on any atom is -0.368 e. The Morgan fingerprint density at radius 3 is 1.51 bits per heavy atom. The highest BCUT2D eigenvalue weighted by Crippen LogP contribution is 2.35. The number of piperidine rings is 2. The third-order valence-corrected chi connectivity index (χ3v) is 11.6. The van der Waals surface area contributed by atoms with Gasteiger partial charge in [0.15, 0.2) is 23.3 Å². The molecule has 8 rings (SSSR count). The fraction of sp³-hybridized carbons (Fsp3) is 0.400. The summed E-state index contributed by atoms with van der Waals surface area (Å²) in [4.78, 5) is 11.0. The van der Waals surface area contributed by atoms with Crippen LogP contribution in [0.5, 0.6) is 0 Å². The topological polar surface area (TPSA) is 89.2 Å². The van der Waals surface area contributed by atoms with Crippen molar-refractivity contribution in [2.24, 2.45) is 0 Å². The molecule has 0 atom stereocenters. The number of anilines is 3. The van der Waals surface area contributed by atoms with E-state index in [2.05, 4.69) is 83.0 Å². The number of pyridine rings is 2. The second-order valence-electron chi connectivity index (χ2n) is 18.3. The number of para-hydroxylation sites is 2. The summed E-state index contributed by atoms with van der Waals surface area (Å²) < 4.78 is 29.9. The molecule has 6 aromatic rings. The predicted molar refractivity (Wildman–Crippen MR) is 263 cm³/mol. The van der Waals surface area contributed by atoms with E-state index in [9.17, 15) is 4.39 Å². The summed E-state index contributed by atoms with van der Waals surface area (Å²) >= 11 is 17.9. The molecule has 2 fully saturated rings. The van der Waals surface area contributed by atoms with Gasteiger partial charge in [-0.3, -0.25) is 0 Å². The van der Waals surface area contributed by atoms with Crippen LogP contribution in [0, 0.1) is 11.6 Å². The molecule has 13 heteroatoms. The van der Waals surface area contributed by atoms with Crippen molar-refractivity contribution in [1.29, 1.82) is 0 Å². The van der Waals surface area contributed by atoms with Crippen LogP contribution in [0.2, 0.25) is 15.1 Å². The van der Waals surface area contributed by atoms with Crippen molar-refractivity contribution in [3.8, 4) is 0 Å². The first-order chi connectivity index (χ1) is 30.0. The average Bonchev–Trinajstić information content (AvgIpc) is 3.25. The van der Waals surface area contributed by atoms with Crippen LogP contribution in [-0.4, -0.2) is 59.3 Å². The molecule has 2 aliphatic rings. The maximum atomic E-state index is 15.7. The monoisotopic (exact) mass is 916 g/mol. The summed E-state index contributed by atoms with van der Waals surface area (Å²) in [5.74, 6) is -0.383. The number of nitrogens with one attached hydrogen (secondary N) is 5. The van der Waals surface area contributed by atoms with Gasteiger partial charge in [0.05, 0.1) is 21.7 Å². The molecule has 2 aliphatic heterocycles. The SMILES string of the molecule is CC(C)(C)NC1CCN(c2c(F)c(NCc3ccc(Cl)cc3)nc3ccccc23)CC1.CC(C)(C)NC1CCNCC1.Fc1c(NCc2ccc(Cl)cc2)nc2ccccc2c1Cl. The lowest BCUT2D eigenvalue weighted by atomic mass is 9.99. The van der Waals surface area contributed by atoms with Crippen LogP contribution in [0.25, 0.3) is 21.8 Å². The molecule has 4 heterocycles. The zero-order valence-corrected chi connectivity index (χ0v) is 39.5. The van der Waals surface area contributed by atoms with E-state index >= 15 is 4.39 Å². The lowest BCUT2D eigenvalue weighted by molar-refractivity contribution is 0.304. The van der Waals surface area contributed by atoms with Crippen molar-refractivity contribution in [2.75, 3.05) is 41.7 Å². The van der Waals surface area contributed by atoms with Crippen molar-refractivity contribution in [3.63, 3.8) is 0 Å². The molecule has 5 N–H and O–H groups in total. The van der Waals surface area contributed by atoms with Gasteiger partial charge >= 0.3 is 0 Å². The van der Waals surface area contributed by atoms with Gasteiger partial charge in [-0.2, -0.15) is 0 Å². The number of hydrogen-bond donors (Lipinski definition) is 5. The van der Waals surface area contributed by atoms with Crippen LogP contribution >= 0.6 is 34.8 Å². The second-order valence-corrected chi connectivity index (χ2v) is 19.5. The van der Waals surface area contributed by atoms with Gasteiger partial charge in [-0.05, 0) is 128 Å². The number of hydrogen-bond acceptors (Lipinski definition) is 8. The molecule has 0 amide bonds. The Kier molecular flexibility index (Phi) is 16.9. The summed E-state index contributed by atoms with van der Waals surface area (Å²) in [5.41, 5.74) is 4.47.